The molecule has 1 aromatic rings. The Labute approximate surface area is 106 Å². The van der Waals surface area contributed by atoms with E-state index >= 15 is 0 Å². The zero-order chi connectivity index (χ0) is 12.8. The van der Waals surface area contributed by atoms with Gasteiger partial charge < -0.3 is 5.32 Å². The highest BCUT2D eigenvalue weighted by atomic mass is 15.3. The maximum atomic E-state index is 4.53. The molecule has 0 fully saturated rings. The van der Waals surface area contributed by atoms with Crippen LogP contribution in [0.2, 0.25) is 0 Å². The molecule has 0 saturated carbocycles. The molecule has 3 nitrogen and oxygen atoms in total. The first-order chi connectivity index (χ1) is 8.10. The first-order valence-electron chi connectivity index (χ1n) is 6.83. The van der Waals surface area contributed by atoms with Crippen molar-refractivity contribution in [3.63, 3.8) is 0 Å². The van der Waals surface area contributed by atoms with Crippen LogP contribution < -0.4 is 5.32 Å². The molecule has 0 aromatic carbocycles. The van der Waals surface area contributed by atoms with Crippen molar-refractivity contribution >= 4 is 0 Å². The quantitative estimate of drug-likeness (QED) is 0.788. The van der Waals surface area contributed by atoms with Crippen LogP contribution in [-0.2, 0) is 6.54 Å². The lowest BCUT2D eigenvalue weighted by atomic mass is 10.1. The summed E-state index contributed by atoms with van der Waals surface area (Å²) in [4.78, 5) is 0. The average molecular weight is 237 g/mol. The number of hydrogen-bond donors (Lipinski definition) is 1. The molecule has 0 spiro atoms. The second kappa shape index (κ2) is 6.80. The second-order valence-electron chi connectivity index (χ2n) is 5.19. The first-order valence-corrected chi connectivity index (χ1v) is 6.83. The predicted molar refractivity (Wildman–Crippen MR) is 73.1 cm³/mol. The largest absolute Gasteiger partial charge is 0.312 e. The Morgan fingerprint density at radius 2 is 1.94 bits per heavy atom. The summed E-state index contributed by atoms with van der Waals surface area (Å²) < 4.78 is 2.19. The molecule has 3 heteroatoms. The van der Waals surface area contributed by atoms with Crippen LogP contribution in [0.25, 0.3) is 0 Å². The molecule has 0 aliphatic carbocycles. The summed E-state index contributed by atoms with van der Waals surface area (Å²) in [6.45, 7) is 13.1. The third-order valence-corrected chi connectivity index (χ3v) is 3.30. The molecule has 0 bridgehead atoms. The van der Waals surface area contributed by atoms with Crippen molar-refractivity contribution in [3.05, 3.63) is 17.5 Å². The van der Waals surface area contributed by atoms with Crippen LogP contribution in [0.1, 0.15) is 57.8 Å². The van der Waals surface area contributed by atoms with Crippen LogP contribution in [0.15, 0.2) is 6.20 Å². The Bertz CT molecular complexity index is 324. The van der Waals surface area contributed by atoms with Gasteiger partial charge in [-0.1, -0.05) is 27.7 Å². The van der Waals surface area contributed by atoms with Gasteiger partial charge in [-0.3, -0.25) is 4.68 Å². The van der Waals surface area contributed by atoms with Crippen LogP contribution in [0, 0.1) is 12.8 Å². The molecule has 0 atom stereocenters. The van der Waals surface area contributed by atoms with E-state index in [0.29, 0.717) is 12.0 Å². The number of rotatable bonds is 7. The van der Waals surface area contributed by atoms with Gasteiger partial charge in [-0.25, -0.2) is 0 Å². The van der Waals surface area contributed by atoms with Crippen LogP contribution in [-0.4, -0.2) is 16.3 Å². The van der Waals surface area contributed by atoms with E-state index < -0.39 is 0 Å². The Morgan fingerprint density at radius 1 is 1.29 bits per heavy atom. The summed E-state index contributed by atoms with van der Waals surface area (Å²) in [6.07, 6.45) is 4.32. The van der Waals surface area contributed by atoms with Crippen LogP contribution in [0.5, 0.6) is 0 Å². The van der Waals surface area contributed by atoms with Crippen molar-refractivity contribution in [2.24, 2.45) is 5.92 Å². The molecule has 0 aliphatic rings. The summed E-state index contributed by atoms with van der Waals surface area (Å²) in [7, 11) is 0. The number of nitrogens with one attached hydrogen (secondary N) is 1. The maximum absolute atomic E-state index is 4.53. The lowest BCUT2D eigenvalue weighted by molar-refractivity contribution is 0.419. The maximum Gasteiger partial charge on any atom is 0.0537 e. The molecule has 17 heavy (non-hydrogen) atoms. The Morgan fingerprint density at radius 3 is 2.47 bits per heavy atom. The van der Waals surface area contributed by atoms with Crippen LogP contribution in [0.4, 0.5) is 0 Å². The van der Waals surface area contributed by atoms with Crippen LogP contribution >= 0.6 is 0 Å². The fraction of sp³-hybridized carbons (Fsp3) is 0.786. The van der Waals surface area contributed by atoms with E-state index in [-0.39, 0.29) is 0 Å². The molecule has 0 radical (unpaired) electrons. The average Bonchev–Trinajstić information content (AvgIpc) is 2.63. The van der Waals surface area contributed by atoms with E-state index in [1.165, 1.54) is 11.3 Å². The SMILES string of the molecule is CCC(CC)n1ncc(CNCC(C)C)c1C. The van der Waals surface area contributed by atoms with Gasteiger partial charge in [-0.15, -0.1) is 0 Å². The second-order valence-corrected chi connectivity index (χ2v) is 5.19. The highest BCUT2D eigenvalue weighted by Crippen LogP contribution is 2.19. The molecule has 0 unspecified atom stereocenters. The number of hydrogen-bond acceptors (Lipinski definition) is 2. The van der Waals surface area contributed by atoms with Crippen molar-refractivity contribution in [2.75, 3.05) is 6.54 Å². The topological polar surface area (TPSA) is 29.9 Å². The highest BCUT2D eigenvalue weighted by molar-refractivity contribution is 5.16. The van der Waals surface area contributed by atoms with Crippen molar-refractivity contribution in [2.45, 2.75) is 60.0 Å². The summed E-state index contributed by atoms with van der Waals surface area (Å²) >= 11 is 0. The van der Waals surface area contributed by atoms with Gasteiger partial charge in [0.25, 0.3) is 0 Å². The minimum Gasteiger partial charge on any atom is -0.312 e. The third-order valence-electron chi connectivity index (χ3n) is 3.30. The molecular formula is C14H27N3. The van der Waals surface area contributed by atoms with E-state index in [1.807, 2.05) is 6.20 Å². The predicted octanol–water partition coefficient (Wildman–Crippen LogP) is 3.30. The molecule has 1 heterocycles. The fourth-order valence-electron chi connectivity index (χ4n) is 2.13. The van der Waals surface area contributed by atoms with Crippen molar-refractivity contribution in [3.8, 4) is 0 Å². The van der Waals surface area contributed by atoms with Gasteiger partial charge in [0, 0.05) is 17.8 Å². The van der Waals surface area contributed by atoms with Crippen molar-refractivity contribution in [1.29, 1.82) is 0 Å². The molecule has 0 amide bonds. The molecule has 1 N–H and O–H groups in total. The van der Waals surface area contributed by atoms with E-state index in [9.17, 15) is 0 Å². The van der Waals surface area contributed by atoms with Gasteiger partial charge in [0.05, 0.1) is 12.2 Å². The molecule has 1 aromatic heterocycles. The molecule has 1 rings (SSSR count). The van der Waals surface area contributed by atoms with E-state index in [1.54, 1.807) is 0 Å². The lowest BCUT2D eigenvalue weighted by Crippen LogP contribution is -2.19. The van der Waals surface area contributed by atoms with Crippen LogP contribution in [0.3, 0.4) is 0 Å². The number of nitrogens with zero attached hydrogens (tertiary/aromatic N) is 2. The Hall–Kier alpha value is -0.830. The Balaban J connectivity index is 2.63. The summed E-state index contributed by atoms with van der Waals surface area (Å²) in [5.41, 5.74) is 2.65. The smallest absolute Gasteiger partial charge is 0.0537 e. The van der Waals surface area contributed by atoms with Crippen molar-refractivity contribution in [1.82, 2.24) is 15.1 Å². The zero-order valence-electron chi connectivity index (χ0n) is 12.0. The lowest BCUT2D eigenvalue weighted by Gasteiger charge is -2.15. The van der Waals surface area contributed by atoms with Gasteiger partial charge in [-0.2, -0.15) is 5.10 Å². The fourth-order valence-corrected chi connectivity index (χ4v) is 2.13. The highest BCUT2D eigenvalue weighted by Gasteiger charge is 2.12. The minimum absolute atomic E-state index is 0.550. The zero-order valence-corrected chi connectivity index (χ0v) is 12.0. The van der Waals surface area contributed by atoms with Gasteiger partial charge in [0.1, 0.15) is 0 Å². The molecule has 0 aliphatic heterocycles. The summed E-state index contributed by atoms with van der Waals surface area (Å²) in [6, 6.07) is 0.550. The van der Waals surface area contributed by atoms with E-state index in [0.717, 1.165) is 25.9 Å². The van der Waals surface area contributed by atoms with Gasteiger partial charge in [0.15, 0.2) is 0 Å². The van der Waals surface area contributed by atoms with E-state index in [4.69, 9.17) is 0 Å². The monoisotopic (exact) mass is 237 g/mol. The standard InChI is InChI=1S/C14H27N3/c1-6-14(7-2)17-12(5)13(10-16-17)9-15-8-11(3)4/h10-11,14-15H,6-9H2,1-5H3. The normalized spacial score (nSPS) is 11.7. The van der Waals surface area contributed by atoms with Gasteiger partial charge in [0.2, 0.25) is 0 Å². The van der Waals surface area contributed by atoms with Gasteiger partial charge in [-0.05, 0) is 32.2 Å². The number of aromatic nitrogens is 2. The molecule has 0 saturated heterocycles. The first kappa shape index (κ1) is 14.2. The van der Waals surface area contributed by atoms with Gasteiger partial charge >= 0.3 is 0 Å². The molecular weight excluding hydrogens is 210 g/mol. The summed E-state index contributed by atoms with van der Waals surface area (Å²) in [5.74, 6) is 0.699. The Kier molecular flexibility index (Phi) is 5.69. The van der Waals surface area contributed by atoms with Crippen molar-refractivity contribution < 1.29 is 0 Å². The molecule has 98 valence electrons. The summed E-state index contributed by atoms with van der Waals surface area (Å²) in [5, 5.41) is 8.01. The third kappa shape index (κ3) is 3.84. The van der Waals surface area contributed by atoms with E-state index in [2.05, 4.69) is 49.7 Å². The minimum atomic E-state index is 0.550.